The Hall–Kier alpha value is -4.41. The highest BCUT2D eigenvalue weighted by molar-refractivity contribution is 6.18. The van der Waals surface area contributed by atoms with Crippen LogP contribution in [0.2, 0.25) is 0 Å². The van der Waals surface area contributed by atoms with Gasteiger partial charge in [0, 0.05) is 28.8 Å². The van der Waals surface area contributed by atoms with Crippen LogP contribution in [0.4, 0.5) is 16.3 Å². The number of phenols is 2. The number of aromatic hydroxyl groups is 2. The zero-order valence-electron chi connectivity index (χ0n) is 21.4. The SMILES string of the molecule is COc1cccc(N2C(=O)NC3=Nc4c(cnn4C(C)(C)C)[C@@H](c4cc(OC)c(O)c(O)c4OC)[C@@H]32)c1. The van der Waals surface area contributed by atoms with E-state index in [0.717, 1.165) is 5.56 Å². The molecule has 37 heavy (non-hydrogen) atoms. The molecule has 1 aromatic heterocycles. The molecule has 3 aromatic rings. The van der Waals surface area contributed by atoms with Crippen molar-refractivity contribution in [3.05, 3.63) is 47.7 Å². The van der Waals surface area contributed by atoms with Gasteiger partial charge >= 0.3 is 6.03 Å². The molecule has 3 N–H and O–H groups in total. The van der Waals surface area contributed by atoms with Crippen molar-refractivity contribution in [3.63, 3.8) is 0 Å². The molecule has 2 aliphatic rings. The van der Waals surface area contributed by atoms with E-state index in [0.29, 0.717) is 28.7 Å². The molecule has 2 aromatic carbocycles. The molecule has 2 amide bonds. The first-order chi connectivity index (χ1) is 17.6. The normalized spacial score (nSPS) is 18.6. The van der Waals surface area contributed by atoms with Gasteiger partial charge in [0.15, 0.2) is 17.3 Å². The Morgan fingerprint density at radius 1 is 1.00 bits per heavy atom. The largest absolute Gasteiger partial charge is 0.502 e. The van der Waals surface area contributed by atoms with Gasteiger partial charge in [-0.15, -0.1) is 0 Å². The second kappa shape index (κ2) is 8.61. The first-order valence-electron chi connectivity index (χ1n) is 11.7. The Bertz CT molecular complexity index is 1420. The van der Waals surface area contributed by atoms with Gasteiger partial charge in [-0.2, -0.15) is 5.10 Å². The summed E-state index contributed by atoms with van der Waals surface area (Å²) in [6.07, 6.45) is 1.72. The van der Waals surface area contributed by atoms with E-state index in [9.17, 15) is 15.0 Å². The van der Waals surface area contributed by atoms with E-state index < -0.39 is 29.0 Å². The average Bonchev–Trinajstić information content (AvgIpc) is 3.44. The number of urea groups is 1. The predicted octanol–water partition coefficient (Wildman–Crippen LogP) is 3.85. The van der Waals surface area contributed by atoms with Crippen LogP contribution in [0.3, 0.4) is 0 Å². The summed E-state index contributed by atoms with van der Waals surface area (Å²) in [7, 11) is 4.35. The number of carbonyl (C=O) groups excluding carboxylic acids is 1. The number of anilines is 1. The molecule has 0 spiro atoms. The van der Waals surface area contributed by atoms with E-state index in [1.54, 1.807) is 47.2 Å². The summed E-state index contributed by atoms with van der Waals surface area (Å²) in [5.74, 6) is 0.204. The number of carbonyl (C=O) groups is 1. The number of amidine groups is 1. The van der Waals surface area contributed by atoms with Gasteiger partial charge in [-0.3, -0.25) is 10.2 Å². The molecular formula is C26H29N5O6. The number of nitrogens with one attached hydrogen (secondary N) is 1. The lowest BCUT2D eigenvalue weighted by molar-refractivity contribution is 0.252. The number of nitrogens with zero attached hydrogens (tertiary/aromatic N) is 4. The van der Waals surface area contributed by atoms with E-state index in [-0.39, 0.29) is 17.5 Å². The van der Waals surface area contributed by atoms with Crippen molar-refractivity contribution in [2.24, 2.45) is 4.99 Å². The van der Waals surface area contributed by atoms with Crippen molar-refractivity contribution >= 4 is 23.4 Å². The lowest BCUT2D eigenvalue weighted by Gasteiger charge is -2.34. The van der Waals surface area contributed by atoms with E-state index in [1.165, 1.54) is 14.2 Å². The van der Waals surface area contributed by atoms with Crippen molar-refractivity contribution in [2.75, 3.05) is 26.2 Å². The van der Waals surface area contributed by atoms with Gasteiger partial charge in [0.2, 0.25) is 11.5 Å². The fourth-order valence-electron chi connectivity index (χ4n) is 4.97. The third kappa shape index (κ3) is 3.69. The van der Waals surface area contributed by atoms with E-state index >= 15 is 0 Å². The number of fused-ring (bicyclic) bond motifs is 2. The summed E-state index contributed by atoms with van der Waals surface area (Å²) in [6, 6.07) is 7.76. The van der Waals surface area contributed by atoms with Gasteiger partial charge in [-0.1, -0.05) is 6.07 Å². The topological polar surface area (TPSA) is 131 Å². The van der Waals surface area contributed by atoms with Crippen LogP contribution in [-0.2, 0) is 5.54 Å². The standard InChI is InChI=1S/C26H29N5O6/c1-26(2,3)31-24-16(12-27-31)18(15-11-17(36-5)20(32)21(33)22(15)37-6)19-23(28-24)29-25(34)30(19)13-8-7-9-14(10-13)35-4/h7-12,18-19,32-33H,1-6H3,(H,28,29,34)/t18-,19+/m1/s1. The fraction of sp³-hybridized carbons (Fsp3) is 0.346. The number of methoxy groups -OCH3 is 3. The molecule has 0 saturated carbocycles. The molecule has 0 aliphatic carbocycles. The minimum atomic E-state index is -0.646. The van der Waals surface area contributed by atoms with Gasteiger partial charge < -0.3 is 24.4 Å². The maximum absolute atomic E-state index is 13.4. The maximum atomic E-state index is 13.4. The second-order valence-corrected chi connectivity index (χ2v) is 9.83. The number of amides is 2. The molecule has 11 heteroatoms. The summed E-state index contributed by atoms with van der Waals surface area (Å²) >= 11 is 0. The molecule has 2 atom stereocenters. The van der Waals surface area contributed by atoms with Crippen molar-refractivity contribution < 1.29 is 29.2 Å². The number of hydrogen-bond acceptors (Lipinski definition) is 8. The van der Waals surface area contributed by atoms with Crippen LogP contribution in [0, 0.1) is 0 Å². The summed E-state index contributed by atoms with van der Waals surface area (Å²) in [6.45, 7) is 6.02. The third-order valence-corrected chi connectivity index (χ3v) is 6.61. The number of rotatable bonds is 5. The van der Waals surface area contributed by atoms with Crippen molar-refractivity contribution in [1.82, 2.24) is 15.1 Å². The maximum Gasteiger partial charge on any atom is 0.328 e. The van der Waals surface area contributed by atoms with Gasteiger partial charge in [0.1, 0.15) is 17.6 Å². The smallest absolute Gasteiger partial charge is 0.328 e. The number of ether oxygens (including phenoxy) is 3. The first kappa shape index (κ1) is 24.3. The lowest BCUT2D eigenvalue weighted by atomic mass is 9.82. The summed E-state index contributed by atoms with van der Waals surface area (Å²) < 4.78 is 18.1. The van der Waals surface area contributed by atoms with E-state index in [2.05, 4.69) is 10.4 Å². The minimum absolute atomic E-state index is 0.0592. The van der Waals surface area contributed by atoms with Gasteiger partial charge in [0.05, 0.1) is 33.1 Å². The number of phenolic OH excluding ortho intramolecular Hbond substituents is 2. The van der Waals surface area contributed by atoms with Crippen LogP contribution in [0.5, 0.6) is 28.7 Å². The van der Waals surface area contributed by atoms with Crippen LogP contribution in [0.15, 0.2) is 41.5 Å². The van der Waals surface area contributed by atoms with Gasteiger partial charge in [-0.05, 0) is 39.0 Å². The Kier molecular flexibility index (Phi) is 5.65. The summed E-state index contributed by atoms with van der Waals surface area (Å²) in [5, 5.41) is 28.8. The third-order valence-electron chi connectivity index (χ3n) is 6.61. The Balaban J connectivity index is 1.80. The summed E-state index contributed by atoms with van der Waals surface area (Å²) in [4.78, 5) is 19.8. The molecule has 3 heterocycles. The Labute approximate surface area is 213 Å². The molecule has 1 saturated heterocycles. The Morgan fingerprint density at radius 2 is 1.76 bits per heavy atom. The molecule has 0 bridgehead atoms. The molecule has 2 aliphatic heterocycles. The zero-order valence-corrected chi connectivity index (χ0v) is 21.4. The molecule has 194 valence electrons. The molecule has 0 unspecified atom stereocenters. The van der Waals surface area contributed by atoms with Gasteiger partial charge in [0.25, 0.3) is 0 Å². The van der Waals surface area contributed by atoms with Crippen LogP contribution in [0.25, 0.3) is 0 Å². The lowest BCUT2D eigenvalue weighted by Crippen LogP contribution is -2.42. The average molecular weight is 508 g/mol. The molecule has 11 nitrogen and oxygen atoms in total. The van der Waals surface area contributed by atoms with Crippen LogP contribution < -0.4 is 24.4 Å². The number of hydrogen-bond donors (Lipinski definition) is 3. The van der Waals surface area contributed by atoms with Crippen molar-refractivity contribution in [3.8, 4) is 28.7 Å². The zero-order chi connectivity index (χ0) is 26.6. The summed E-state index contributed by atoms with van der Waals surface area (Å²) in [5.41, 5.74) is 1.41. The highest BCUT2D eigenvalue weighted by atomic mass is 16.5. The van der Waals surface area contributed by atoms with Crippen LogP contribution in [0.1, 0.15) is 37.8 Å². The highest BCUT2D eigenvalue weighted by Crippen LogP contribution is 2.53. The molecule has 5 rings (SSSR count). The Morgan fingerprint density at radius 3 is 2.41 bits per heavy atom. The number of aliphatic imine (C=N–C) groups is 1. The van der Waals surface area contributed by atoms with E-state index in [1.807, 2.05) is 26.8 Å². The van der Waals surface area contributed by atoms with Crippen LogP contribution >= 0.6 is 0 Å². The van der Waals surface area contributed by atoms with Gasteiger partial charge in [-0.25, -0.2) is 14.5 Å². The minimum Gasteiger partial charge on any atom is -0.502 e. The van der Waals surface area contributed by atoms with E-state index in [4.69, 9.17) is 19.2 Å². The van der Waals surface area contributed by atoms with Crippen LogP contribution in [-0.4, -0.2) is 59.2 Å². The quantitative estimate of drug-likeness (QED) is 0.447. The highest BCUT2D eigenvalue weighted by Gasteiger charge is 2.49. The number of benzene rings is 2. The predicted molar refractivity (Wildman–Crippen MR) is 137 cm³/mol. The molecule has 1 fully saturated rings. The molecular weight excluding hydrogens is 478 g/mol. The molecule has 0 radical (unpaired) electrons. The monoisotopic (exact) mass is 507 g/mol. The van der Waals surface area contributed by atoms with Crippen molar-refractivity contribution in [1.29, 1.82) is 0 Å². The number of aromatic nitrogens is 2. The fourth-order valence-corrected chi connectivity index (χ4v) is 4.97. The van der Waals surface area contributed by atoms with Crippen molar-refractivity contribution in [2.45, 2.75) is 38.3 Å². The first-order valence-corrected chi connectivity index (χ1v) is 11.7. The second-order valence-electron chi connectivity index (χ2n) is 9.83.